The number of nitrogens with zero attached hydrogens (tertiary/aromatic N) is 2. The van der Waals surface area contributed by atoms with Gasteiger partial charge in [0, 0.05) is 11.1 Å². The van der Waals surface area contributed by atoms with Crippen molar-refractivity contribution >= 4 is 34.2 Å². The van der Waals surface area contributed by atoms with E-state index in [9.17, 15) is 0 Å². The standard InChI is InChI=1S/C12H14Cl2N2/c1-12(2,3)16-9-7-5-4-6-8(9)10(13)15-11(16)14/h4-7,10H,1-3H3. The monoisotopic (exact) mass is 256 g/mol. The summed E-state index contributed by atoms with van der Waals surface area (Å²) in [5.41, 5.74) is 1.54. The second-order valence-electron chi connectivity index (χ2n) is 4.80. The van der Waals surface area contributed by atoms with Gasteiger partial charge in [-0.25, -0.2) is 4.99 Å². The summed E-state index contributed by atoms with van der Waals surface area (Å²) in [6.07, 6.45) is 0. The Morgan fingerprint density at radius 2 is 1.88 bits per heavy atom. The summed E-state index contributed by atoms with van der Waals surface area (Å²) in [5, 5.41) is 0.450. The summed E-state index contributed by atoms with van der Waals surface area (Å²) >= 11 is 12.3. The van der Waals surface area contributed by atoms with Gasteiger partial charge in [0.15, 0.2) is 5.50 Å². The number of rotatable bonds is 0. The molecule has 1 atom stereocenters. The topological polar surface area (TPSA) is 15.6 Å². The molecule has 0 fully saturated rings. The lowest BCUT2D eigenvalue weighted by Gasteiger charge is -2.40. The molecule has 0 bridgehead atoms. The molecule has 86 valence electrons. The van der Waals surface area contributed by atoms with Gasteiger partial charge in [-0.1, -0.05) is 29.8 Å². The highest BCUT2D eigenvalue weighted by molar-refractivity contribution is 6.68. The molecule has 0 aliphatic carbocycles. The molecule has 2 rings (SSSR count). The van der Waals surface area contributed by atoms with Crippen molar-refractivity contribution in [1.82, 2.24) is 0 Å². The zero-order valence-electron chi connectivity index (χ0n) is 9.54. The Bertz CT molecular complexity index is 435. The van der Waals surface area contributed by atoms with Crippen LogP contribution in [-0.2, 0) is 0 Å². The molecule has 2 nitrogen and oxygen atoms in total. The zero-order valence-corrected chi connectivity index (χ0v) is 11.0. The first-order valence-electron chi connectivity index (χ1n) is 5.18. The van der Waals surface area contributed by atoms with E-state index in [1.54, 1.807) is 0 Å². The largest absolute Gasteiger partial charge is 0.311 e. The van der Waals surface area contributed by atoms with E-state index < -0.39 is 0 Å². The summed E-state index contributed by atoms with van der Waals surface area (Å²) in [4.78, 5) is 6.25. The minimum atomic E-state index is -0.387. The van der Waals surface area contributed by atoms with Crippen molar-refractivity contribution in [1.29, 1.82) is 0 Å². The molecule has 1 aliphatic heterocycles. The summed E-state index contributed by atoms with van der Waals surface area (Å²) < 4.78 is 0. The van der Waals surface area contributed by atoms with Crippen LogP contribution in [0.15, 0.2) is 29.3 Å². The smallest absolute Gasteiger partial charge is 0.200 e. The molecule has 0 spiro atoms. The molecule has 0 radical (unpaired) electrons. The third kappa shape index (κ3) is 1.92. The van der Waals surface area contributed by atoms with Crippen LogP contribution in [0.3, 0.4) is 0 Å². The number of hydrogen-bond acceptors (Lipinski definition) is 2. The molecule has 1 aromatic rings. The van der Waals surface area contributed by atoms with Crippen LogP contribution in [0.5, 0.6) is 0 Å². The van der Waals surface area contributed by atoms with Crippen LogP contribution in [0.4, 0.5) is 5.69 Å². The number of alkyl halides is 1. The maximum absolute atomic E-state index is 6.18. The van der Waals surface area contributed by atoms with Crippen molar-refractivity contribution in [3.05, 3.63) is 29.8 Å². The summed E-state index contributed by atoms with van der Waals surface area (Å²) in [6, 6.07) is 7.95. The fraction of sp³-hybridized carbons (Fsp3) is 0.417. The normalized spacial score (nSPS) is 20.4. The Morgan fingerprint density at radius 1 is 1.25 bits per heavy atom. The predicted molar refractivity (Wildman–Crippen MR) is 70.6 cm³/mol. The SMILES string of the molecule is CC(C)(C)N1C(Cl)=NC(Cl)c2ccccc21. The molecule has 0 saturated carbocycles. The van der Waals surface area contributed by atoms with Crippen LogP contribution < -0.4 is 4.90 Å². The van der Waals surface area contributed by atoms with Crippen molar-refractivity contribution in [2.24, 2.45) is 4.99 Å². The van der Waals surface area contributed by atoms with Gasteiger partial charge in [-0.3, -0.25) is 0 Å². The van der Waals surface area contributed by atoms with Crippen LogP contribution in [0.25, 0.3) is 0 Å². The maximum atomic E-state index is 6.18. The first-order valence-corrected chi connectivity index (χ1v) is 5.99. The van der Waals surface area contributed by atoms with Crippen molar-refractivity contribution < 1.29 is 0 Å². The van der Waals surface area contributed by atoms with Gasteiger partial charge in [0.05, 0.1) is 5.69 Å². The van der Waals surface area contributed by atoms with Gasteiger partial charge in [-0.15, -0.1) is 0 Å². The van der Waals surface area contributed by atoms with E-state index in [1.165, 1.54) is 0 Å². The Hall–Kier alpha value is -0.730. The van der Waals surface area contributed by atoms with Crippen LogP contribution in [-0.4, -0.2) is 10.8 Å². The van der Waals surface area contributed by atoms with Gasteiger partial charge in [0.2, 0.25) is 5.29 Å². The van der Waals surface area contributed by atoms with Crippen molar-refractivity contribution in [3.8, 4) is 0 Å². The molecule has 1 unspecified atom stereocenters. The molecular formula is C12H14Cl2N2. The number of hydrogen-bond donors (Lipinski definition) is 0. The quantitative estimate of drug-likeness (QED) is 0.503. The third-order valence-electron chi connectivity index (χ3n) is 2.51. The van der Waals surface area contributed by atoms with Crippen molar-refractivity contribution in [2.45, 2.75) is 31.8 Å². The van der Waals surface area contributed by atoms with Gasteiger partial charge in [-0.2, -0.15) is 0 Å². The van der Waals surface area contributed by atoms with Gasteiger partial charge in [-0.05, 0) is 38.4 Å². The zero-order chi connectivity index (χ0) is 11.9. The van der Waals surface area contributed by atoms with Crippen LogP contribution in [0.2, 0.25) is 0 Å². The van der Waals surface area contributed by atoms with E-state index in [0.717, 1.165) is 11.3 Å². The Labute approximate surface area is 106 Å². The van der Waals surface area contributed by atoms with E-state index in [4.69, 9.17) is 23.2 Å². The van der Waals surface area contributed by atoms with Crippen molar-refractivity contribution in [3.63, 3.8) is 0 Å². The molecule has 0 aromatic heterocycles. The highest BCUT2D eigenvalue weighted by atomic mass is 35.5. The Morgan fingerprint density at radius 3 is 2.50 bits per heavy atom. The van der Waals surface area contributed by atoms with Crippen LogP contribution in [0.1, 0.15) is 31.8 Å². The number of para-hydroxylation sites is 1. The van der Waals surface area contributed by atoms with E-state index in [-0.39, 0.29) is 11.0 Å². The highest BCUT2D eigenvalue weighted by Crippen LogP contribution is 2.39. The summed E-state index contributed by atoms with van der Waals surface area (Å²) in [5.74, 6) is 0. The van der Waals surface area contributed by atoms with Gasteiger partial charge in [0.1, 0.15) is 0 Å². The number of anilines is 1. The summed E-state index contributed by atoms with van der Waals surface area (Å²) in [6.45, 7) is 6.28. The average Bonchev–Trinajstić information content (AvgIpc) is 2.15. The first kappa shape index (κ1) is 11.7. The predicted octanol–water partition coefficient (Wildman–Crippen LogP) is 4.14. The maximum Gasteiger partial charge on any atom is 0.200 e. The number of aliphatic imine (C=N–C) groups is 1. The Balaban J connectivity index is 2.58. The van der Waals surface area contributed by atoms with E-state index in [2.05, 4.69) is 25.8 Å². The van der Waals surface area contributed by atoms with Gasteiger partial charge < -0.3 is 4.90 Å². The summed E-state index contributed by atoms with van der Waals surface area (Å²) in [7, 11) is 0. The number of amidine groups is 1. The molecule has 1 aliphatic rings. The van der Waals surface area contributed by atoms with Crippen LogP contribution >= 0.6 is 23.2 Å². The number of fused-ring (bicyclic) bond motifs is 1. The van der Waals surface area contributed by atoms with Gasteiger partial charge >= 0.3 is 0 Å². The number of benzene rings is 1. The molecule has 0 N–H and O–H groups in total. The lowest BCUT2D eigenvalue weighted by Crippen LogP contribution is -2.46. The molecule has 1 aromatic carbocycles. The van der Waals surface area contributed by atoms with Crippen molar-refractivity contribution in [2.75, 3.05) is 4.90 Å². The minimum absolute atomic E-state index is 0.117. The second-order valence-corrected chi connectivity index (χ2v) is 5.55. The highest BCUT2D eigenvalue weighted by Gasteiger charge is 2.32. The minimum Gasteiger partial charge on any atom is -0.311 e. The molecule has 4 heteroatoms. The second kappa shape index (κ2) is 3.94. The molecular weight excluding hydrogens is 243 g/mol. The fourth-order valence-electron chi connectivity index (χ4n) is 1.85. The Kier molecular flexibility index (Phi) is 2.89. The molecule has 16 heavy (non-hydrogen) atoms. The lowest BCUT2D eigenvalue weighted by atomic mass is 10.0. The molecule has 1 heterocycles. The van der Waals surface area contributed by atoms with E-state index in [0.29, 0.717) is 5.29 Å². The number of halogens is 2. The van der Waals surface area contributed by atoms with E-state index in [1.807, 2.05) is 29.2 Å². The fourth-order valence-corrected chi connectivity index (χ4v) is 2.62. The third-order valence-corrected chi connectivity index (χ3v) is 3.11. The van der Waals surface area contributed by atoms with Gasteiger partial charge in [0.25, 0.3) is 0 Å². The lowest BCUT2D eigenvalue weighted by molar-refractivity contribution is 0.567. The van der Waals surface area contributed by atoms with E-state index >= 15 is 0 Å². The molecule has 0 amide bonds. The average molecular weight is 257 g/mol. The van der Waals surface area contributed by atoms with Crippen LogP contribution in [0, 0.1) is 0 Å². The molecule has 0 saturated heterocycles. The first-order chi connectivity index (χ1) is 7.41.